The van der Waals surface area contributed by atoms with E-state index in [2.05, 4.69) is 5.32 Å². The molecule has 0 aromatic carbocycles. The third-order valence-electron chi connectivity index (χ3n) is 3.09. The summed E-state index contributed by atoms with van der Waals surface area (Å²) in [5.74, 6) is -0.113. The SMILES string of the molecule is CNC(=O)C1(C)CCN(C(=O)C(C)(C)N)C1. The summed E-state index contributed by atoms with van der Waals surface area (Å²) in [5.41, 5.74) is 4.42. The number of nitrogens with two attached hydrogens (primary N) is 1. The van der Waals surface area contributed by atoms with E-state index in [0.717, 1.165) is 0 Å². The first-order chi connectivity index (χ1) is 7.20. The van der Waals surface area contributed by atoms with E-state index in [0.29, 0.717) is 19.5 Å². The van der Waals surface area contributed by atoms with Gasteiger partial charge in [-0.15, -0.1) is 0 Å². The first-order valence-corrected chi connectivity index (χ1v) is 5.51. The number of nitrogens with one attached hydrogen (secondary N) is 1. The van der Waals surface area contributed by atoms with Crippen LogP contribution >= 0.6 is 0 Å². The van der Waals surface area contributed by atoms with Gasteiger partial charge in [-0.05, 0) is 27.2 Å². The molecule has 1 rings (SSSR count). The maximum Gasteiger partial charge on any atom is 0.242 e. The van der Waals surface area contributed by atoms with Crippen molar-refractivity contribution in [2.45, 2.75) is 32.7 Å². The molecule has 0 saturated carbocycles. The summed E-state index contributed by atoms with van der Waals surface area (Å²) in [5, 5.41) is 2.64. The summed E-state index contributed by atoms with van der Waals surface area (Å²) in [6, 6.07) is 0. The highest BCUT2D eigenvalue weighted by Gasteiger charge is 2.43. The van der Waals surface area contributed by atoms with Gasteiger partial charge in [0.1, 0.15) is 0 Å². The van der Waals surface area contributed by atoms with Gasteiger partial charge < -0.3 is 16.0 Å². The zero-order valence-electron chi connectivity index (χ0n) is 10.5. The fourth-order valence-corrected chi connectivity index (χ4v) is 2.03. The highest BCUT2D eigenvalue weighted by Crippen LogP contribution is 2.30. The van der Waals surface area contributed by atoms with Crippen molar-refractivity contribution in [2.75, 3.05) is 20.1 Å². The molecule has 1 atom stereocenters. The number of carbonyl (C=O) groups is 2. The number of nitrogens with zero attached hydrogens (tertiary/aromatic N) is 1. The van der Waals surface area contributed by atoms with Crippen LogP contribution in [0.4, 0.5) is 0 Å². The Morgan fingerprint density at radius 2 is 2.00 bits per heavy atom. The van der Waals surface area contributed by atoms with E-state index in [-0.39, 0.29) is 11.8 Å². The second-order valence-corrected chi connectivity index (χ2v) is 5.34. The maximum atomic E-state index is 11.9. The van der Waals surface area contributed by atoms with Crippen molar-refractivity contribution in [1.29, 1.82) is 0 Å². The first kappa shape index (κ1) is 13.0. The van der Waals surface area contributed by atoms with Crippen LogP contribution in [0.2, 0.25) is 0 Å². The zero-order valence-corrected chi connectivity index (χ0v) is 10.5. The molecule has 16 heavy (non-hydrogen) atoms. The minimum absolute atomic E-state index is 0.0161. The fourth-order valence-electron chi connectivity index (χ4n) is 2.03. The molecule has 1 saturated heterocycles. The number of amides is 2. The van der Waals surface area contributed by atoms with E-state index < -0.39 is 11.0 Å². The molecule has 3 N–H and O–H groups in total. The van der Waals surface area contributed by atoms with Crippen molar-refractivity contribution < 1.29 is 9.59 Å². The molecule has 0 spiro atoms. The van der Waals surface area contributed by atoms with Gasteiger partial charge in [-0.25, -0.2) is 0 Å². The Morgan fingerprint density at radius 1 is 1.44 bits per heavy atom. The van der Waals surface area contributed by atoms with Crippen LogP contribution < -0.4 is 11.1 Å². The molecule has 0 bridgehead atoms. The van der Waals surface area contributed by atoms with Crippen LogP contribution in [0.15, 0.2) is 0 Å². The Morgan fingerprint density at radius 3 is 2.44 bits per heavy atom. The van der Waals surface area contributed by atoms with E-state index in [1.54, 1.807) is 25.8 Å². The van der Waals surface area contributed by atoms with Crippen molar-refractivity contribution in [2.24, 2.45) is 11.1 Å². The van der Waals surface area contributed by atoms with Crippen LogP contribution in [-0.2, 0) is 9.59 Å². The minimum Gasteiger partial charge on any atom is -0.359 e. The number of hydrogen-bond donors (Lipinski definition) is 2. The van der Waals surface area contributed by atoms with Gasteiger partial charge in [-0.3, -0.25) is 9.59 Å². The van der Waals surface area contributed by atoms with Crippen LogP contribution in [-0.4, -0.2) is 42.4 Å². The third-order valence-corrected chi connectivity index (χ3v) is 3.09. The van der Waals surface area contributed by atoms with Crippen molar-refractivity contribution in [1.82, 2.24) is 10.2 Å². The Balaban J connectivity index is 2.73. The maximum absolute atomic E-state index is 11.9. The van der Waals surface area contributed by atoms with Gasteiger partial charge in [-0.1, -0.05) is 0 Å². The lowest BCUT2D eigenvalue weighted by Crippen LogP contribution is -2.51. The molecule has 1 aliphatic rings. The van der Waals surface area contributed by atoms with Crippen LogP contribution in [0.3, 0.4) is 0 Å². The Kier molecular flexibility index (Phi) is 3.28. The summed E-state index contributed by atoms with van der Waals surface area (Å²) in [6.45, 7) is 6.30. The standard InChI is InChI=1S/C11H21N3O2/c1-10(2,12)9(16)14-6-5-11(3,7-14)8(15)13-4/h5-7,12H2,1-4H3,(H,13,15). The van der Waals surface area contributed by atoms with Crippen molar-refractivity contribution in [3.63, 3.8) is 0 Å². The average Bonchev–Trinajstić information content (AvgIpc) is 2.58. The molecule has 1 heterocycles. The first-order valence-electron chi connectivity index (χ1n) is 5.51. The van der Waals surface area contributed by atoms with E-state index in [1.165, 1.54) is 0 Å². The second kappa shape index (κ2) is 4.05. The molecule has 0 aliphatic carbocycles. The lowest BCUT2D eigenvalue weighted by atomic mass is 9.89. The van der Waals surface area contributed by atoms with Gasteiger partial charge in [0.05, 0.1) is 11.0 Å². The zero-order chi connectivity index (χ0) is 12.6. The average molecular weight is 227 g/mol. The topological polar surface area (TPSA) is 75.4 Å². The highest BCUT2D eigenvalue weighted by molar-refractivity contribution is 5.88. The van der Waals surface area contributed by atoms with Crippen LogP contribution in [0, 0.1) is 5.41 Å². The Bertz CT molecular complexity index is 309. The molecule has 2 amide bonds. The predicted molar refractivity (Wildman–Crippen MR) is 61.6 cm³/mol. The van der Waals surface area contributed by atoms with Crippen LogP contribution in [0.1, 0.15) is 27.2 Å². The molecular weight excluding hydrogens is 206 g/mol. The lowest BCUT2D eigenvalue weighted by Gasteiger charge is -2.27. The molecular formula is C11H21N3O2. The normalized spacial score (nSPS) is 25.7. The van der Waals surface area contributed by atoms with Crippen molar-refractivity contribution >= 4 is 11.8 Å². The van der Waals surface area contributed by atoms with Gasteiger partial charge in [0.25, 0.3) is 0 Å². The molecule has 5 nitrogen and oxygen atoms in total. The van der Waals surface area contributed by atoms with E-state index in [1.807, 2.05) is 6.92 Å². The highest BCUT2D eigenvalue weighted by atomic mass is 16.2. The summed E-state index contributed by atoms with van der Waals surface area (Å²) in [6.07, 6.45) is 0.689. The van der Waals surface area contributed by atoms with Gasteiger partial charge in [0.2, 0.25) is 11.8 Å². The fraction of sp³-hybridized carbons (Fsp3) is 0.818. The van der Waals surface area contributed by atoms with E-state index in [4.69, 9.17) is 5.73 Å². The molecule has 5 heteroatoms. The van der Waals surface area contributed by atoms with Gasteiger partial charge in [-0.2, -0.15) is 0 Å². The summed E-state index contributed by atoms with van der Waals surface area (Å²) in [4.78, 5) is 25.3. The van der Waals surface area contributed by atoms with E-state index in [9.17, 15) is 9.59 Å². The Labute approximate surface area is 96.4 Å². The summed E-state index contributed by atoms with van der Waals surface area (Å²) < 4.78 is 0. The molecule has 1 fully saturated rings. The molecule has 1 aliphatic heterocycles. The largest absolute Gasteiger partial charge is 0.359 e. The minimum atomic E-state index is -0.867. The van der Waals surface area contributed by atoms with Crippen molar-refractivity contribution in [3.05, 3.63) is 0 Å². The quantitative estimate of drug-likeness (QED) is 0.680. The molecule has 1 unspecified atom stereocenters. The molecule has 0 aromatic rings. The van der Waals surface area contributed by atoms with Gasteiger partial charge in [0, 0.05) is 20.1 Å². The van der Waals surface area contributed by atoms with Gasteiger partial charge >= 0.3 is 0 Å². The number of rotatable bonds is 2. The van der Waals surface area contributed by atoms with Crippen LogP contribution in [0.25, 0.3) is 0 Å². The van der Waals surface area contributed by atoms with Gasteiger partial charge in [0.15, 0.2) is 0 Å². The smallest absolute Gasteiger partial charge is 0.242 e. The van der Waals surface area contributed by atoms with Crippen LogP contribution in [0.5, 0.6) is 0 Å². The molecule has 0 radical (unpaired) electrons. The van der Waals surface area contributed by atoms with E-state index >= 15 is 0 Å². The lowest BCUT2D eigenvalue weighted by molar-refractivity contribution is -0.136. The molecule has 92 valence electrons. The second-order valence-electron chi connectivity index (χ2n) is 5.34. The summed E-state index contributed by atoms with van der Waals surface area (Å²) in [7, 11) is 1.62. The third kappa shape index (κ3) is 2.35. The monoisotopic (exact) mass is 227 g/mol. The number of likely N-dealkylation sites (tertiary alicyclic amines) is 1. The Hall–Kier alpha value is -1.10. The number of carbonyl (C=O) groups excluding carboxylic acids is 2. The van der Waals surface area contributed by atoms with Crippen molar-refractivity contribution in [3.8, 4) is 0 Å². The number of hydrogen-bond acceptors (Lipinski definition) is 3. The summed E-state index contributed by atoms with van der Waals surface area (Å²) >= 11 is 0. The predicted octanol–water partition coefficient (Wildman–Crippen LogP) is -0.292. The molecule has 0 aromatic heterocycles.